The van der Waals surface area contributed by atoms with Crippen molar-refractivity contribution in [3.05, 3.63) is 39.0 Å². The van der Waals surface area contributed by atoms with E-state index in [1.807, 2.05) is 0 Å². The summed E-state index contributed by atoms with van der Waals surface area (Å²) in [5.41, 5.74) is 3.11. The summed E-state index contributed by atoms with van der Waals surface area (Å²) >= 11 is 0.0510. The monoisotopic (exact) mass is 286 g/mol. The Bertz CT molecular complexity index is 381. The molecule has 0 N–H and O–H groups in total. The van der Waals surface area contributed by atoms with Crippen LogP contribution >= 0.6 is 8.19 Å². The van der Waals surface area contributed by atoms with Crippen LogP contribution in [-0.4, -0.2) is 14.2 Å². The first-order valence-corrected chi connectivity index (χ1v) is 8.00. The van der Waals surface area contributed by atoms with Crippen LogP contribution < -0.4 is 13.8 Å². The molecule has 1 aliphatic rings. The van der Waals surface area contributed by atoms with Gasteiger partial charge in [0, 0.05) is 0 Å². The van der Waals surface area contributed by atoms with E-state index < -0.39 is 0 Å². The van der Waals surface area contributed by atoms with Crippen molar-refractivity contribution in [3.8, 4) is 0 Å². The van der Waals surface area contributed by atoms with Gasteiger partial charge in [-0.05, 0) is 0 Å². The van der Waals surface area contributed by atoms with Crippen molar-refractivity contribution in [2.45, 2.75) is 20.3 Å². The van der Waals surface area contributed by atoms with E-state index in [1.54, 1.807) is 13.0 Å². The van der Waals surface area contributed by atoms with E-state index in [0.717, 1.165) is 22.4 Å². The van der Waals surface area contributed by atoms with Crippen LogP contribution in [0, 0.1) is 13.8 Å². The zero-order valence-corrected chi connectivity index (χ0v) is 13.4. The molecule has 0 saturated carbocycles. The van der Waals surface area contributed by atoms with Gasteiger partial charge in [-0.2, -0.15) is 14.2 Å². The molecule has 1 aromatic rings. The maximum absolute atomic E-state index is 8.25. The molecular formula is C13H19O2PTi. The summed E-state index contributed by atoms with van der Waals surface area (Å²) in [5.74, 6) is 2.40. The van der Waals surface area contributed by atoms with Gasteiger partial charge in [0.05, 0.1) is 0 Å². The first kappa shape index (κ1) is 16.9. The molecule has 0 fully saturated rings. The standard InChI is InChI=1S/C6H8P.C5H5.2CH3O.Ti/c1-5-3-7-4-6(5)2;1-2-4-5-3-1;2*1-2;/h3,7H,1-2H3;1-3H,4H2;2*1H3;/q;;2*-1;+2. The second-order valence-electron chi connectivity index (χ2n) is 3.42. The Labute approximate surface area is 114 Å². The van der Waals surface area contributed by atoms with Crippen LogP contribution in [-0.2, 0) is 19.2 Å². The van der Waals surface area contributed by atoms with Gasteiger partial charge < -0.3 is 10.2 Å². The summed E-state index contributed by atoms with van der Waals surface area (Å²) in [7, 11) is 2.49. The molecule has 1 aliphatic carbocycles. The summed E-state index contributed by atoms with van der Waals surface area (Å²) < 4.78 is 3.47. The van der Waals surface area contributed by atoms with E-state index in [2.05, 4.69) is 37.9 Å². The summed E-state index contributed by atoms with van der Waals surface area (Å²) in [6.07, 6.45) is 8.01. The number of aryl methyl sites for hydroxylation is 1. The van der Waals surface area contributed by atoms with Gasteiger partial charge in [0.2, 0.25) is 0 Å². The molecule has 2 rings (SSSR count). The van der Waals surface area contributed by atoms with E-state index >= 15 is 0 Å². The minimum absolute atomic E-state index is 0.0510. The van der Waals surface area contributed by atoms with Crippen LogP contribution in [0.3, 0.4) is 0 Å². The molecule has 1 heterocycles. The van der Waals surface area contributed by atoms with Crippen molar-refractivity contribution >= 4 is 11.8 Å². The van der Waals surface area contributed by atoms with Gasteiger partial charge in [0.15, 0.2) is 0 Å². The van der Waals surface area contributed by atoms with E-state index in [0.29, 0.717) is 0 Å². The molecule has 0 aliphatic heterocycles. The third-order valence-corrected chi connectivity index (χ3v) is 6.95. The molecule has 0 amide bonds. The van der Waals surface area contributed by atoms with Crippen LogP contribution in [0.5, 0.6) is 0 Å². The van der Waals surface area contributed by atoms with Crippen molar-refractivity contribution in [1.29, 1.82) is 0 Å². The Hall–Kier alpha value is -0.106. The summed E-state index contributed by atoms with van der Waals surface area (Å²) in [6, 6.07) is 0. The van der Waals surface area contributed by atoms with Gasteiger partial charge in [0.1, 0.15) is 0 Å². The van der Waals surface area contributed by atoms with E-state index in [1.165, 1.54) is 12.0 Å². The molecule has 17 heavy (non-hydrogen) atoms. The fourth-order valence-electron chi connectivity index (χ4n) is 1.42. The second kappa shape index (κ2) is 9.88. The molecule has 4 heteroatoms. The van der Waals surface area contributed by atoms with Gasteiger partial charge >= 0.3 is 90.2 Å². The van der Waals surface area contributed by atoms with Gasteiger partial charge in [-0.25, -0.2) is 0 Å². The summed E-state index contributed by atoms with van der Waals surface area (Å²) in [5, 5.41) is 16.5. The molecule has 0 spiro atoms. The molecule has 0 radical (unpaired) electrons. The van der Waals surface area contributed by atoms with E-state index in [-0.39, 0.29) is 19.2 Å². The van der Waals surface area contributed by atoms with Crippen molar-refractivity contribution in [2.24, 2.45) is 0 Å². The predicted molar refractivity (Wildman–Crippen MR) is 68.7 cm³/mol. The van der Waals surface area contributed by atoms with Crippen LogP contribution in [0.15, 0.2) is 27.9 Å². The number of hydrogen-bond donors (Lipinski definition) is 0. The number of hydrogen-bond acceptors (Lipinski definition) is 2. The van der Waals surface area contributed by atoms with E-state index in [9.17, 15) is 0 Å². The zero-order chi connectivity index (χ0) is 13.3. The molecule has 1 aromatic heterocycles. The summed E-state index contributed by atoms with van der Waals surface area (Å²) in [6.45, 7) is 4.52. The third-order valence-electron chi connectivity index (χ3n) is 2.46. The van der Waals surface area contributed by atoms with Crippen molar-refractivity contribution < 1.29 is 29.4 Å². The molecule has 2 nitrogen and oxygen atoms in total. The zero-order valence-electron chi connectivity index (χ0n) is 10.8. The SMILES string of the molecule is C[O-].C[O-].Cc1c[pH][c]([Ti+2][C]2=CC=CC2)c1C. The van der Waals surface area contributed by atoms with Crippen LogP contribution in [0.2, 0.25) is 0 Å². The average Bonchev–Trinajstić information content (AvgIpc) is 3.00. The summed E-state index contributed by atoms with van der Waals surface area (Å²) in [4.78, 5) is 0. The van der Waals surface area contributed by atoms with Gasteiger partial charge in [-0.1, -0.05) is 0 Å². The van der Waals surface area contributed by atoms with Gasteiger partial charge in [-0.3, -0.25) is 0 Å². The van der Waals surface area contributed by atoms with Crippen molar-refractivity contribution in [3.63, 3.8) is 0 Å². The third kappa shape index (κ3) is 5.37. The Morgan fingerprint density at radius 2 is 1.82 bits per heavy atom. The van der Waals surface area contributed by atoms with Crippen LogP contribution in [0.4, 0.5) is 0 Å². The number of allylic oxidation sites excluding steroid dienone is 4. The Morgan fingerprint density at radius 1 is 1.18 bits per heavy atom. The maximum atomic E-state index is 8.25. The minimum atomic E-state index is 0.0510. The quantitative estimate of drug-likeness (QED) is 0.756. The van der Waals surface area contributed by atoms with Gasteiger partial charge in [0.25, 0.3) is 0 Å². The van der Waals surface area contributed by atoms with Crippen LogP contribution in [0.1, 0.15) is 17.5 Å². The normalized spacial score (nSPS) is 12.2. The topological polar surface area (TPSA) is 46.1 Å². The Balaban J connectivity index is 0.000000581. The van der Waals surface area contributed by atoms with Crippen molar-refractivity contribution in [1.82, 2.24) is 0 Å². The van der Waals surface area contributed by atoms with E-state index in [4.69, 9.17) is 10.2 Å². The first-order valence-electron chi connectivity index (χ1n) is 5.36. The van der Waals surface area contributed by atoms with Gasteiger partial charge in [-0.15, -0.1) is 0 Å². The number of rotatable bonds is 2. The predicted octanol–water partition coefficient (Wildman–Crippen LogP) is 0.839. The average molecular weight is 286 g/mol. The Morgan fingerprint density at radius 3 is 2.24 bits per heavy atom. The van der Waals surface area contributed by atoms with Crippen LogP contribution in [0.25, 0.3) is 0 Å². The Kier molecular flexibility index (Phi) is 9.82. The first-order chi connectivity index (χ1) is 8.27. The van der Waals surface area contributed by atoms with Crippen molar-refractivity contribution in [2.75, 3.05) is 14.2 Å². The molecule has 1 atom stereocenters. The molecule has 0 saturated heterocycles. The second-order valence-corrected chi connectivity index (χ2v) is 7.45. The fraction of sp³-hybridized carbons (Fsp3) is 0.385. The molecule has 0 bridgehead atoms. The fourth-order valence-corrected chi connectivity index (χ4v) is 5.55. The molecule has 92 valence electrons. The molecule has 1 unspecified atom stereocenters. The molecular weight excluding hydrogens is 267 g/mol. The molecule has 0 aromatic carbocycles.